The topological polar surface area (TPSA) is 199 Å². The SMILES string of the molecule is CCN(CC)CCCC[C@H](NC(=O)C(Cc1ccccc1)NC(=O)[C@H](C)NC(=O)C(Cc1ccccc1)NC(=O)c1cccnc1)C(=O)NC(C(C)=O)[C@@H](C)O. The Kier molecular flexibility index (Phi) is 18.8. The number of unbranched alkanes of at least 4 members (excludes halogenated alkanes) is 1. The third kappa shape index (κ3) is 15.0. The lowest BCUT2D eigenvalue weighted by Crippen LogP contribution is -2.59. The molecule has 14 heteroatoms. The molecule has 3 rings (SSSR count). The van der Waals surface area contributed by atoms with E-state index in [1.54, 1.807) is 36.4 Å². The first kappa shape index (κ1) is 44.9. The highest BCUT2D eigenvalue weighted by molar-refractivity contribution is 5.99. The molecule has 56 heavy (non-hydrogen) atoms. The average molecular weight is 772 g/mol. The Morgan fingerprint density at radius 2 is 1.20 bits per heavy atom. The maximum absolute atomic E-state index is 14.0. The molecule has 5 amide bonds. The second kappa shape index (κ2) is 23.4. The lowest BCUT2D eigenvalue weighted by Gasteiger charge is -2.27. The highest BCUT2D eigenvalue weighted by Crippen LogP contribution is 2.10. The molecule has 14 nitrogen and oxygen atoms in total. The molecule has 0 aliphatic rings. The Labute approximate surface area is 329 Å². The second-order valence-corrected chi connectivity index (χ2v) is 13.9. The molecule has 0 spiro atoms. The van der Waals surface area contributed by atoms with E-state index >= 15 is 0 Å². The maximum Gasteiger partial charge on any atom is 0.253 e. The fourth-order valence-corrected chi connectivity index (χ4v) is 6.11. The van der Waals surface area contributed by atoms with E-state index in [9.17, 15) is 33.9 Å². The molecule has 0 bridgehead atoms. The van der Waals surface area contributed by atoms with Crippen molar-refractivity contribution in [3.8, 4) is 0 Å². The van der Waals surface area contributed by atoms with Crippen molar-refractivity contribution in [2.24, 2.45) is 0 Å². The van der Waals surface area contributed by atoms with Crippen LogP contribution in [0.15, 0.2) is 85.2 Å². The van der Waals surface area contributed by atoms with Crippen molar-refractivity contribution in [1.29, 1.82) is 0 Å². The minimum atomic E-state index is -1.17. The molecule has 3 aromatic rings. The smallest absolute Gasteiger partial charge is 0.253 e. The Morgan fingerprint density at radius 3 is 1.71 bits per heavy atom. The number of amides is 5. The molecular weight excluding hydrogens is 715 g/mol. The molecule has 6 atom stereocenters. The summed E-state index contributed by atoms with van der Waals surface area (Å²) in [5.74, 6) is -3.51. The number of benzene rings is 2. The Morgan fingerprint density at radius 1 is 0.661 bits per heavy atom. The molecule has 0 fully saturated rings. The first-order chi connectivity index (χ1) is 26.8. The number of ketones is 1. The predicted octanol–water partition coefficient (Wildman–Crippen LogP) is 2.11. The Hall–Kier alpha value is -5.47. The van der Waals surface area contributed by atoms with E-state index in [0.29, 0.717) is 6.42 Å². The van der Waals surface area contributed by atoms with Gasteiger partial charge in [0.2, 0.25) is 23.6 Å². The molecule has 0 saturated carbocycles. The highest BCUT2D eigenvalue weighted by atomic mass is 16.3. The van der Waals surface area contributed by atoms with Gasteiger partial charge in [-0.25, -0.2) is 0 Å². The number of rotatable bonds is 23. The summed E-state index contributed by atoms with van der Waals surface area (Å²) in [4.78, 5) is 86.5. The van der Waals surface area contributed by atoms with E-state index in [4.69, 9.17) is 0 Å². The number of pyridine rings is 1. The van der Waals surface area contributed by atoms with E-state index in [2.05, 4.69) is 50.3 Å². The van der Waals surface area contributed by atoms with Gasteiger partial charge in [0, 0.05) is 25.2 Å². The Balaban J connectivity index is 1.80. The summed E-state index contributed by atoms with van der Waals surface area (Å²) in [6, 6.07) is 15.7. The van der Waals surface area contributed by atoms with Crippen molar-refractivity contribution < 1.29 is 33.9 Å². The summed E-state index contributed by atoms with van der Waals surface area (Å²) >= 11 is 0. The maximum atomic E-state index is 14.0. The van der Waals surface area contributed by atoms with Gasteiger partial charge in [0.1, 0.15) is 30.2 Å². The van der Waals surface area contributed by atoms with Crippen LogP contribution in [0.5, 0.6) is 0 Å². The van der Waals surface area contributed by atoms with Gasteiger partial charge in [-0.1, -0.05) is 74.5 Å². The molecular formula is C42H57N7O7. The minimum Gasteiger partial charge on any atom is -0.391 e. The number of hydrogen-bond acceptors (Lipinski definition) is 9. The molecule has 3 unspecified atom stereocenters. The molecule has 0 saturated heterocycles. The molecule has 1 aromatic heterocycles. The number of nitrogens with one attached hydrogen (secondary N) is 5. The lowest BCUT2D eigenvalue weighted by atomic mass is 10.0. The monoisotopic (exact) mass is 771 g/mol. The zero-order valence-electron chi connectivity index (χ0n) is 33.0. The van der Waals surface area contributed by atoms with E-state index in [1.807, 2.05) is 36.4 Å². The normalized spacial score (nSPS) is 14.3. The van der Waals surface area contributed by atoms with Gasteiger partial charge in [-0.05, 0) is 82.9 Å². The number of aliphatic hydroxyl groups is 1. The van der Waals surface area contributed by atoms with Gasteiger partial charge in [-0.15, -0.1) is 0 Å². The number of carbonyl (C=O) groups is 6. The molecule has 0 radical (unpaired) electrons. The van der Waals surface area contributed by atoms with Crippen molar-refractivity contribution in [3.05, 3.63) is 102 Å². The number of carbonyl (C=O) groups excluding carboxylic acids is 6. The van der Waals surface area contributed by atoms with Gasteiger partial charge >= 0.3 is 0 Å². The first-order valence-electron chi connectivity index (χ1n) is 19.2. The first-order valence-corrected chi connectivity index (χ1v) is 19.2. The molecule has 0 aliphatic carbocycles. The quantitative estimate of drug-likeness (QED) is 0.0782. The average Bonchev–Trinajstić information content (AvgIpc) is 3.19. The van der Waals surface area contributed by atoms with Crippen LogP contribution < -0.4 is 26.6 Å². The zero-order chi connectivity index (χ0) is 41.0. The van der Waals surface area contributed by atoms with Crippen molar-refractivity contribution in [1.82, 2.24) is 36.5 Å². The molecule has 2 aromatic carbocycles. The van der Waals surface area contributed by atoms with Crippen LogP contribution in [0.4, 0.5) is 0 Å². The van der Waals surface area contributed by atoms with E-state index in [1.165, 1.54) is 33.2 Å². The van der Waals surface area contributed by atoms with Gasteiger partial charge in [-0.2, -0.15) is 0 Å². The fraction of sp³-hybridized carbons (Fsp3) is 0.452. The van der Waals surface area contributed by atoms with Gasteiger partial charge in [-0.3, -0.25) is 33.8 Å². The largest absolute Gasteiger partial charge is 0.391 e. The van der Waals surface area contributed by atoms with E-state index < -0.39 is 71.6 Å². The van der Waals surface area contributed by atoms with Crippen molar-refractivity contribution in [2.75, 3.05) is 19.6 Å². The van der Waals surface area contributed by atoms with Crippen LogP contribution in [0.3, 0.4) is 0 Å². The summed E-state index contributed by atoms with van der Waals surface area (Å²) < 4.78 is 0. The van der Waals surface area contributed by atoms with Crippen LogP contribution in [0.25, 0.3) is 0 Å². The van der Waals surface area contributed by atoms with Crippen molar-refractivity contribution in [2.45, 2.75) is 103 Å². The summed E-state index contributed by atoms with van der Waals surface area (Å²) in [7, 11) is 0. The minimum absolute atomic E-state index is 0.0664. The second-order valence-electron chi connectivity index (χ2n) is 13.9. The number of aromatic nitrogens is 1. The third-order valence-electron chi connectivity index (χ3n) is 9.46. The number of hydrogen-bond donors (Lipinski definition) is 6. The summed E-state index contributed by atoms with van der Waals surface area (Å²) in [5, 5.41) is 23.7. The van der Waals surface area contributed by atoms with Crippen LogP contribution in [-0.2, 0) is 36.8 Å². The van der Waals surface area contributed by atoms with Gasteiger partial charge in [0.15, 0.2) is 5.78 Å². The molecule has 1 heterocycles. The summed E-state index contributed by atoms with van der Waals surface area (Å²) in [6.45, 7) is 10.8. The summed E-state index contributed by atoms with van der Waals surface area (Å²) in [5.41, 5.74) is 1.78. The predicted molar refractivity (Wildman–Crippen MR) is 213 cm³/mol. The van der Waals surface area contributed by atoms with Crippen molar-refractivity contribution in [3.63, 3.8) is 0 Å². The van der Waals surface area contributed by atoms with E-state index in [-0.39, 0.29) is 24.8 Å². The molecule has 0 aliphatic heterocycles. The van der Waals surface area contributed by atoms with E-state index in [0.717, 1.165) is 37.2 Å². The standard InChI is InChI=1S/C42H57N7O7/c1-6-49(7-2)24-15-14-22-34(40(54)48-37(29(4)50)30(5)51)45-42(56)36(26-32-19-12-9-13-20-32)46-38(52)28(3)44-41(55)35(25-31-17-10-8-11-18-31)47-39(53)33-21-16-23-43-27-33/h8-13,16-21,23,27-29,34-37,50H,6-7,14-15,22,24-26H2,1-5H3,(H,44,55)(H,45,56)(H,46,52)(H,47,53)(H,48,54)/t28-,29+,34-,35?,36?,37?/m0/s1. The van der Waals surface area contributed by atoms with Crippen LogP contribution in [0, 0.1) is 0 Å². The molecule has 6 N–H and O–H groups in total. The number of nitrogens with zero attached hydrogens (tertiary/aromatic N) is 2. The number of aliphatic hydroxyl groups excluding tert-OH is 1. The Bertz CT molecular complexity index is 1710. The number of Topliss-reactive ketones (excluding diaryl/α,β-unsaturated/α-hetero) is 1. The van der Waals surface area contributed by atoms with Crippen LogP contribution in [0.1, 0.15) is 75.4 Å². The lowest BCUT2D eigenvalue weighted by molar-refractivity contribution is -0.135. The van der Waals surface area contributed by atoms with Gasteiger partial charge < -0.3 is 36.6 Å². The van der Waals surface area contributed by atoms with Crippen molar-refractivity contribution >= 4 is 35.3 Å². The zero-order valence-corrected chi connectivity index (χ0v) is 33.0. The van der Waals surface area contributed by atoms with Gasteiger partial charge in [0.25, 0.3) is 5.91 Å². The summed E-state index contributed by atoms with van der Waals surface area (Å²) in [6.07, 6.45) is 3.54. The third-order valence-corrected chi connectivity index (χ3v) is 9.46. The van der Waals surface area contributed by atoms with Gasteiger partial charge in [0.05, 0.1) is 11.7 Å². The van der Waals surface area contributed by atoms with Crippen LogP contribution in [0.2, 0.25) is 0 Å². The van der Waals surface area contributed by atoms with Crippen LogP contribution >= 0.6 is 0 Å². The molecule has 302 valence electrons. The van der Waals surface area contributed by atoms with Crippen LogP contribution in [-0.4, -0.2) is 106 Å². The fourth-order valence-electron chi connectivity index (χ4n) is 6.11. The highest BCUT2D eigenvalue weighted by Gasteiger charge is 2.32.